The van der Waals surface area contributed by atoms with Crippen LogP contribution >= 0.6 is 11.3 Å². The number of thiophene rings is 1. The topological polar surface area (TPSA) is 183 Å². The van der Waals surface area contributed by atoms with E-state index in [1.54, 1.807) is 60.0 Å². The summed E-state index contributed by atoms with van der Waals surface area (Å²) in [6.07, 6.45) is 4.34. The molecule has 0 aliphatic rings. The maximum atomic E-state index is 14.0. The molecule has 0 bridgehead atoms. The molecule has 0 unspecified atom stereocenters. The van der Waals surface area contributed by atoms with Crippen molar-refractivity contribution in [3.63, 3.8) is 0 Å². The smallest absolute Gasteiger partial charge is 0.277 e. The van der Waals surface area contributed by atoms with Gasteiger partial charge in [-0.1, -0.05) is 44.2 Å². The van der Waals surface area contributed by atoms with Gasteiger partial charge in [0.25, 0.3) is 11.8 Å². The molecule has 0 fully saturated rings. The Bertz CT molecular complexity index is 2290. The summed E-state index contributed by atoms with van der Waals surface area (Å²) in [4.78, 5) is 34.1. The number of nitrogens with one attached hydrogen (secondary N) is 4. The van der Waals surface area contributed by atoms with Gasteiger partial charge in [-0.05, 0) is 64.9 Å². The van der Waals surface area contributed by atoms with Gasteiger partial charge in [-0.3, -0.25) is 24.8 Å². The van der Waals surface area contributed by atoms with Gasteiger partial charge in [-0.2, -0.15) is 15.4 Å². The molecule has 15 heteroatoms. The van der Waals surface area contributed by atoms with Crippen LogP contribution in [0, 0.1) is 5.92 Å². The second-order valence-electron chi connectivity index (χ2n) is 12.5. The highest BCUT2D eigenvalue weighted by Crippen LogP contribution is 2.31. The van der Waals surface area contributed by atoms with E-state index in [0.29, 0.717) is 53.4 Å². The van der Waals surface area contributed by atoms with Crippen molar-refractivity contribution in [3.05, 3.63) is 118 Å². The summed E-state index contributed by atoms with van der Waals surface area (Å²) in [5.41, 5.74) is 6.75. The molecule has 0 aliphatic carbocycles. The van der Waals surface area contributed by atoms with Gasteiger partial charge in [0, 0.05) is 56.8 Å². The number of carbonyl (C=O) groups excluding carboxylic acids is 2. The molecule has 0 saturated heterocycles. The Labute approximate surface area is 302 Å². The minimum Gasteiger partial charge on any atom is -0.496 e. The molecule has 7 aromatic rings. The summed E-state index contributed by atoms with van der Waals surface area (Å²) in [5.74, 6) is 1.51. The summed E-state index contributed by atoms with van der Waals surface area (Å²) < 4.78 is 5.60. The fourth-order valence-electron chi connectivity index (χ4n) is 5.75. The molecule has 0 spiro atoms. The molecule has 262 valence electrons. The van der Waals surface area contributed by atoms with Crippen molar-refractivity contribution in [2.45, 2.75) is 33.4 Å². The van der Waals surface area contributed by atoms with Gasteiger partial charge >= 0.3 is 0 Å². The molecule has 0 radical (unpaired) electrons. The molecular formula is C37H35N11O3S. The lowest BCUT2D eigenvalue weighted by Gasteiger charge is -2.23. The number of carbonyl (C=O) groups is 2. The van der Waals surface area contributed by atoms with Crippen LogP contribution in [-0.4, -0.2) is 69.8 Å². The number of aromatic nitrogens is 9. The first-order valence-electron chi connectivity index (χ1n) is 16.5. The molecule has 0 saturated carbocycles. The Hall–Kier alpha value is -6.48. The molecule has 4 N–H and O–H groups in total. The van der Waals surface area contributed by atoms with Crippen molar-refractivity contribution in [2.24, 2.45) is 5.92 Å². The maximum absolute atomic E-state index is 14.0. The highest BCUT2D eigenvalue weighted by molar-refractivity contribution is 7.10. The van der Waals surface area contributed by atoms with E-state index in [2.05, 4.69) is 76.6 Å². The lowest BCUT2D eigenvalue weighted by atomic mass is 10.1. The number of rotatable bonds is 13. The first-order valence-corrected chi connectivity index (χ1v) is 17.4. The lowest BCUT2D eigenvalue weighted by Crippen LogP contribution is -2.30. The van der Waals surface area contributed by atoms with Crippen LogP contribution in [0.3, 0.4) is 0 Å². The number of pyridine rings is 1. The van der Waals surface area contributed by atoms with Crippen molar-refractivity contribution >= 4 is 29.0 Å². The van der Waals surface area contributed by atoms with E-state index in [0.717, 1.165) is 44.8 Å². The number of nitrogens with zero attached hydrogens (tertiary/aromatic N) is 7. The van der Waals surface area contributed by atoms with Gasteiger partial charge in [0.1, 0.15) is 5.75 Å². The van der Waals surface area contributed by atoms with E-state index < -0.39 is 0 Å². The van der Waals surface area contributed by atoms with Crippen LogP contribution in [0.5, 0.6) is 5.75 Å². The minimum absolute atomic E-state index is 0.130. The SMILES string of the molecule is COc1ccccc1CN(Cc1cc(-c2cncc(-c3cc(NC(=O)c4cc(CC(C)C)[nH]n4)n[nH]3)c2)cs1)C(=O)c1ccc(-c2nn[nH]n2)cc1. The van der Waals surface area contributed by atoms with Crippen molar-refractivity contribution in [2.75, 3.05) is 12.4 Å². The van der Waals surface area contributed by atoms with Gasteiger partial charge in [-0.25, -0.2) is 0 Å². The zero-order valence-electron chi connectivity index (χ0n) is 28.6. The lowest BCUT2D eigenvalue weighted by molar-refractivity contribution is 0.0730. The zero-order valence-corrected chi connectivity index (χ0v) is 29.4. The van der Waals surface area contributed by atoms with E-state index in [9.17, 15) is 9.59 Å². The summed E-state index contributed by atoms with van der Waals surface area (Å²) in [5, 5.41) is 33.3. The van der Waals surface area contributed by atoms with Gasteiger partial charge in [0.05, 0.1) is 25.9 Å². The number of hydrogen-bond acceptors (Lipinski definition) is 10. The van der Waals surface area contributed by atoms with Crippen molar-refractivity contribution in [1.29, 1.82) is 0 Å². The predicted molar refractivity (Wildman–Crippen MR) is 196 cm³/mol. The van der Waals surface area contributed by atoms with Gasteiger partial charge < -0.3 is 15.0 Å². The number of amides is 2. The quantitative estimate of drug-likeness (QED) is 0.105. The third-order valence-corrected chi connectivity index (χ3v) is 9.19. The van der Waals surface area contributed by atoms with E-state index in [1.165, 1.54) is 0 Å². The Kier molecular flexibility index (Phi) is 9.93. The standard InChI is InChI=1S/C37H35N11O3S/c1-22(2)12-29-15-32(42-40-29)36(49)39-34-16-31(41-43-34)27-13-26(17-38-18-27)28-14-30(52-21-28)20-48(19-25-6-4-5-7-33(25)51-3)37(50)24-10-8-23(9-11-24)35-44-46-47-45-35/h4-11,13-18,21-22H,12,19-20H2,1-3H3,(H,40,42)(H2,39,41,43,49)(H,44,45,46,47). The predicted octanol–water partition coefficient (Wildman–Crippen LogP) is 6.41. The number of ether oxygens (including phenoxy) is 1. The highest BCUT2D eigenvalue weighted by atomic mass is 32.1. The molecule has 0 aliphatic heterocycles. The number of benzene rings is 2. The van der Waals surface area contributed by atoms with Gasteiger partial charge in [0.2, 0.25) is 5.82 Å². The molecule has 14 nitrogen and oxygen atoms in total. The average molecular weight is 714 g/mol. The largest absolute Gasteiger partial charge is 0.496 e. The highest BCUT2D eigenvalue weighted by Gasteiger charge is 2.21. The summed E-state index contributed by atoms with van der Waals surface area (Å²) in [7, 11) is 1.62. The molecule has 52 heavy (non-hydrogen) atoms. The molecule has 0 atom stereocenters. The molecule has 7 rings (SSSR count). The van der Waals surface area contributed by atoms with E-state index in [-0.39, 0.29) is 11.8 Å². The maximum Gasteiger partial charge on any atom is 0.277 e. The van der Waals surface area contributed by atoms with E-state index in [1.807, 2.05) is 42.5 Å². The van der Waals surface area contributed by atoms with E-state index >= 15 is 0 Å². The van der Waals surface area contributed by atoms with Crippen LogP contribution in [0.1, 0.15) is 50.8 Å². The van der Waals surface area contributed by atoms with E-state index in [4.69, 9.17) is 4.74 Å². The first kappa shape index (κ1) is 34.0. The molecule has 5 aromatic heterocycles. The second kappa shape index (κ2) is 15.2. The van der Waals surface area contributed by atoms with Crippen molar-refractivity contribution in [3.8, 4) is 39.5 Å². The number of methoxy groups -OCH3 is 1. The number of H-pyrrole nitrogens is 3. The van der Waals surface area contributed by atoms with Crippen LogP contribution in [0.15, 0.2) is 90.6 Å². The van der Waals surface area contributed by atoms with Crippen LogP contribution < -0.4 is 10.1 Å². The van der Waals surface area contributed by atoms with Crippen LogP contribution in [0.2, 0.25) is 0 Å². The van der Waals surface area contributed by atoms with Crippen molar-refractivity contribution in [1.82, 2.24) is 50.9 Å². The third kappa shape index (κ3) is 7.79. The first-order chi connectivity index (χ1) is 25.3. The molecule has 5 heterocycles. The monoisotopic (exact) mass is 713 g/mol. The Morgan fingerprint density at radius 1 is 0.885 bits per heavy atom. The molecule has 2 amide bonds. The second-order valence-corrected chi connectivity index (χ2v) is 13.5. The minimum atomic E-state index is -0.346. The summed E-state index contributed by atoms with van der Waals surface area (Å²) in [6.45, 7) is 4.94. The van der Waals surface area contributed by atoms with Gasteiger partial charge in [0.15, 0.2) is 11.5 Å². The van der Waals surface area contributed by atoms with Crippen LogP contribution in [0.4, 0.5) is 5.82 Å². The number of anilines is 1. The summed E-state index contributed by atoms with van der Waals surface area (Å²) in [6, 6.07) is 22.4. The number of hydrogen-bond donors (Lipinski definition) is 4. The zero-order chi connectivity index (χ0) is 36.0. The fourth-order valence-corrected chi connectivity index (χ4v) is 6.66. The number of para-hydroxylation sites is 1. The fraction of sp³-hybridized carbons (Fsp3) is 0.189. The number of tetrazole rings is 1. The van der Waals surface area contributed by atoms with Crippen molar-refractivity contribution < 1.29 is 14.3 Å². The van der Waals surface area contributed by atoms with Gasteiger partial charge in [-0.15, -0.1) is 21.5 Å². The Morgan fingerprint density at radius 2 is 1.71 bits per heavy atom. The Morgan fingerprint density at radius 3 is 2.50 bits per heavy atom. The van der Waals surface area contributed by atoms with Crippen LogP contribution in [-0.2, 0) is 19.5 Å². The summed E-state index contributed by atoms with van der Waals surface area (Å²) >= 11 is 1.57. The normalized spacial score (nSPS) is 11.2. The average Bonchev–Trinajstić information content (AvgIpc) is 4.00. The number of aromatic amines is 3. The molecule has 2 aromatic carbocycles. The third-order valence-electron chi connectivity index (χ3n) is 8.27. The molecular weight excluding hydrogens is 679 g/mol. The van der Waals surface area contributed by atoms with Crippen LogP contribution in [0.25, 0.3) is 33.8 Å². The Balaban J connectivity index is 1.08.